The lowest BCUT2D eigenvalue weighted by atomic mass is 9.90. The topological polar surface area (TPSA) is 81.2 Å². The number of aryl methyl sites for hydroxylation is 1. The first kappa shape index (κ1) is 18.3. The van der Waals surface area contributed by atoms with E-state index in [0.717, 1.165) is 34.0 Å². The second-order valence-corrected chi connectivity index (χ2v) is 7.67. The first-order valence-corrected chi connectivity index (χ1v) is 9.84. The number of hydrogen-bond donors (Lipinski definition) is 1. The molecule has 1 amide bonds. The van der Waals surface area contributed by atoms with Gasteiger partial charge in [-0.1, -0.05) is 12.1 Å². The Morgan fingerprint density at radius 3 is 2.75 bits per heavy atom. The summed E-state index contributed by atoms with van der Waals surface area (Å²) in [5, 5.41) is 3.86. The molecule has 1 N–H and O–H groups in total. The Morgan fingerprint density at radius 1 is 1.18 bits per heavy atom. The summed E-state index contributed by atoms with van der Waals surface area (Å²) in [7, 11) is 1.33. The third-order valence-corrected chi connectivity index (χ3v) is 6.00. The maximum atomic E-state index is 12.8. The van der Waals surface area contributed by atoms with E-state index in [0.29, 0.717) is 17.7 Å². The van der Waals surface area contributed by atoms with Crippen LogP contribution in [0.3, 0.4) is 0 Å². The van der Waals surface area contributed by atoms with Gasteiger partial charge in [0.1, 0.15) is 5.01 Å². The molecule has 1 aliphatic rings. The molecule has 4 rings (SSSR count). The molecule has 6 nitrogen and oxygen atoms in total. The standard InChI is InChI=1S/C21H19N3O3S/c1-27-21(26)15-4-2-3-5-16(15)23-19(25)14-6-7-17-18(12-14)28-20(24-17)13-8-10-22-11-9-13/h2-5,8-11,14H,6-7,12H2,1H3,(H,23,25). The van der Waals surface area contributed by atoms with Crippen molar-refractivity contribution in [3.63, 3.8) is 0 Å². The molecule has 0 aliphatic heterocycles. The Labute approximate surface area is 166 Å². The van der Waals surface area contributed by atoms with Gasteiger partial charge in [0.2, 0.25) is 5.91 Å². The Hall–Kier alpha value is -3.06. The summed E-state index contributed by atoms with van der Waals surface area (Å²) in [6, 6.07) is 10.8. The number of carbonyl (C=O) groups is 2. The minimum atomic E-state index is -0.466. The van der Waals surface area contributed by atoms with E-state index in [2.05, 4.69) is 10.3 Å². The number of hydrogen-bond acceptors (Lipinski definition) is 6. The molecule has 0 bridgehead atoms. The van der Waals surface area contributed by atoms with E-state index in [9.17, 15) is 9.59 Å². The molecule has 2 heterocycles. The molecule has 0 fully saturated rings. The third-order valence-electron chi connectivity index (χ3n) is 4.83. The zero-order valence-electron chi connectivity index (χ0n) is 15.3. The Balaban J connectivity index is 1.50. The van der Waals surface area contributed by atoms with Crippen molar-refractivity contribution >= 4 is 28.9 Å². The second kappa shape index (κ2) is 7.90. The van der Waals surface area contributed by atoms with Crippen LogP contribution in [0, 0.1) is 5.92 Å². The van der Waals surface area contributed by atoms with Crippen molar-refractivity contribution in [3.05, 3.63) is 64.9 Å². The van der Waals surface area contributed by atoms with Gasteiger partial charge in [0.05, 0.1) is 24.1 Å². The van der Waals surface area contributed by atoms with E-state index in [1.807, 2.05) is 12.1 Å². The number of para-hydroxylation sites is 1. The average molecular weight is 393 g/mol. The minimum Gasteiger partial charge on any atom is -0.465 e. The van der Waals surface area contributed by atoms with Crippen molar-refractivity contribution in [3.8, 4) is 10.6 Å². The number of rotatable bonds is 4. The molecule has 1 unspecified atom stereocenters. The van der Waals surface area contributed by atoms with E-state index >= 15 is 0 Å². The predicted molar refractivity (Wildman–Crippen MR) is 107 cm³/mol. The number of amides is 1. The van der Waals surface area contributed by atoms with Crippen LogP contribution in [-0.4, -0.2) is 29.0 Å². The maximum Gasteiger partial charge on any atom is 0.339 e. The monoisotopic (exact) mass is 393 g/mol. The molecule has 0 saturated heterocycles. The van der Waals surface area contributed by atoms with Crippen molar-refractivity contribution in [2.45, 2.75) is 19.3 Å². The van der Waals surface area contributed by atoms with E-state index in [1.54, 1.807) is 48.0 Å². The van der Waals surface area contributed by atoms with Crippen LogP contribution in [0.1, 0.15) is 27.3 Å². The molecule has 1 aliphatic carbocycles. The molecule has 142 valence electrons. The summed E-state index contributed by atoms with van der Waals surface area (Å²) >= 11 is 1.63. The fourth-order valence-corrected chi connectivity index (χ4v) is 4.52. The van der Waals surface area contributed by atoms with Crippen LogP contribution in [0.4, 0.5) is 5.69 Å². The lowest BCUT2D eigenvalue weighted by Gasteiger charge is -2.21. The summed E-state index contributed by atoms with van der Waals surface area (Å²) in [4.78, 5) is 34.7. The summed E-state index contributed by atoms with van der Waals surface area (Å²) in [5.74, 6) is -0.698. The van der Waals surface area contributed by atoms with Crippen molar-refractivity contribution in [2.75, 3.05) is 12.4 Å². The number of methoxy groups -OCH3 is 1. The lowest BCUT2D eigenvalue weighted by molar-refractivity contribution is -0.120. The van der Waals surface area contributed by atoms with E-state index < -0.39 is 5.97 Å². The number of nitrogens with zero attached hydrogens (tertiary/aromatic N) is 2. The minimum absolute atomic E-state index is 0.0825. The molecule has 3 aromatic rings. The highest BCUT2D eigenvalue weighted by atomic mass is 32.1. The van der Waals surface area contributed by atoms with Gasteiger partial charge in [0, 0.05) is 28.8 Å². The highest BCUT2D eigenvalue weighted by molar-refractivity contribution is 7.15. The summed E-state index contributed by atoms with van der Waals surface area (Å²) in [5.41, 5.74) is 2.96. The largest absolute Gasteiger partial charge is 0.465 e. The van der Waals surface area contributed by atoms with Gasteiger partial charge in [-0.25, -0.2) is 9.78 Å². The molecule has 28 heavy (non-hydrogen) atoms. The molecular weight excluding hydrogens is 374 g/mol. The fraction of sp³-hybridized carbons (Fsp3) is 0.238. The van der Waals surface area contributed by atoms with Gasteiger partial charge >= 0.3 is 5.97 Å². The summed E-state index contributed by atoms with van der Waals surface area (Å²) < 4.78 is 4.79. The van der Waals surface area contributed by atoms with Crippen molar-refractivity contribution in [1.29, 1.82) is 0 Å². The quantitative estimate of drug-likeness (QED) is 0.683. The van der Waals surface area contributed by atoms with Gasteiger partial charge in [-0.2, -0.15) is 0 Å². The first-order valence-electron chi connectivity index (χ1n) is 9.03. The number of anilines is 1. The summed E-state index contributed by atoms with van der Waals surface area (Å²) in [6.45, 7) is 0. The first-order chi connectivity index (χ1) is 13.7. The zero-order chi connectivity index (χ0) is 19.5. The number of esters is 1. The van der Waals surface area contributed by atoms with E-state index in [4.69, 9.17) is 9.72 Å². The van der Waals surface area contributed by atoms with Crippen LogP contribution in [0.2, 0.25) is 0 Å². The van der Waals surface area contributed by atoms with Gasteiger partial charge in [0.15, 0.2) is 0 Å². The number of benzene rings is 1. The predicted octanol–water partition coefficient (Wildman–Crippen LogP) is 3.74. The third kappa shape index (κ3) is 3.66. The normalized spacial score (nSPS) is 15.5. The van der Waals surface area contributed by atoms with Crippen LogP contribution in [-0.2, 0) is 22.4 Å². The van der Waals surface area contributed by atoms with E-state index in [-0.39, 0.29) is 11.8 Å². The number of pyridine rings is 1. The number of carbonyl (C=O) groups excluding carboxylic acids is 2. The number of fused-ring (bicyclic) bond motifs is 1. The molecular formula is C21H19N3O3S. The summed E-state index contributed by atoms with van der Waals surface area (Å²) in [6.07, 6.45) is 5.67. The molecule has 0 radical (unpaired) electrons. The van der Waals surface area contributed by atoms with Gasteiger partial charge in [-0.3, -0.25) is 9.78 Å². The average Bonchev–Trinajstić information content (AvgIpc) is 3.17. The van der Waals surface area contributed by atoms with Gasteiger partial charge < -0.3 is 10.1 Å². The number of nitrogens with one attached hydrogen (secondary N) is 1. The highest BCUT2D eigenvalue weighted by Crippen LogP contribution is 2.35. The Kier molecular flexibility index (Phi) is 5.16. The highest BCUT2D eigenvalue weighted by Gasteiger charge is 2.28. The van der Waals surface area contributed by atoms with Gasteiger partial charge in [-0.15, -0.1) is 11.3 Å². The van der Waals surface area contributed by atoms with Crippen LogP contribution in [0.5, 0.6) is 0 Å². The van der Waals surface area contributed by atoms with Crippen LogP contribution in [0.25, 0.3) is 10.6 Å². The van der Waals surface area contributed by atoms with Crippen LogP contribution < -0.4 is 5.32 Å². The maximum absolute atomic E-state index is 12.8. The van der Waals surface area contributed by atoms with Crippen molar-refractivity contribution in [1.82, 2.24) is 9.97 Å². The van der Waals surface area contributed by atoms with Crippen LogP contribution >= 0.6 is 11.3 Å². The molecule has 0 spiro atoms. The molecule has 1 atom stereocenters. The molecule has 0 saturated carbocycles. The fourth-order valence-electron chi connectivity index (χ4n) is 3.33. The Morgan fingerprint density at radius 2 is 1.96 bits per heavy atom. The van der Waals surface area contributed by atoms with E-state index in [1.165, 1.54) is 7.11 Å². The Bertz CT molecular complexity index is 1020. The molecule has 1 aromatic carbocycles. The van der Waals surface area contributed by atoms with Crippen molar-refractivity contribution < 1.29 is 14.3 Å². The smallest absolute Gasteiger partial charge is 0.339 e. The van der Waals surface area contributed by atoms with Gasteiger partial charge in [0.25, 0.3) is 0 Å². The molecule has 7 heteroatoms. The zero-order valence-corrected chi connectivity index (χ0v) is 16.2. The van der Waals surface area contributed by atoms with Gasteiger partial charge in [-0.05, 0) is 43.5 Å². The van der Waals surface area contributed by atoms with Crippen molar-refractivity contribution in [2.24, 2.45) is 5.92 Å². The lowest BCUT2D eigenvalue weighted by Crippen LogP contribution is -2.28. The second-order valence-electron chi connectivity index (χ2n) is 6.59. The van der Waals surface area contributed by atoms with Crippen LogP contribution in [0.15, 0.2) is 48.8 Å². The number of aromatic nitrogens is 2. The molecule has 2 aromatic heterocycles. The number of thiazole rings is 1. The number of ether oxygens (including phenoxy) is 1. The SMILES string of the molecule is COC(=O)c1ccccc1NC(=O)C1CCc2nc(-c3ccncc3)sc2C1.